The van der Waals surface area contributed by atoms with Crippen molar-refractivity contribution in [2.75, 3.05) is 5.73 Å². The number of nitrogen functional groups attached to an aromatic ring is 1. The number of carboxylic acids is 1. The van der Waals surface area contributed by atoms with Crippen molar-refractivity contribution in [1.29, 1.82) is 0 Å². The third kappa shape index (κ3) is 1.25. The predicted octanol–water partition coefficient (Wildman–Crippen LogP) is 2.47. The third-order valence-electron chi connectivity index (χ3n) is 1.99. The van der Waals surface area contributed by atoms with Gasteiger partial charge in [-0.3, -0.25) is 0 Å². The van der Waals surface area contributed by atoms with Gasteiger partial charge >= 0.3 is 5.97 Å². The normalized spacial score (nSPS) is 10.6. The molecule has 3 nitrogen and oxygen atoms in total. The molecule has 72 valence electrons. The molecule has 0 saturated heterocycles. The van der Waals surface area contributed by atoms with Gasteiger partial charge in [0.05, 0.1) is 11.3 Å². The summed E-state index contributed by atoms with van der Waals surface area (Å²) >= 11 is 5.52. The molecule has 1 heterocycles. The lowest BCUT2D eigenvalue weighted by Gasteiger charge is -2.01. The van der Waals surface area contributed by atoms with Crippen molar-refractivity contribution in [3.8, 4) is 0 Å². The Hall–Kier alpha value is -1.20. The molecule has 0 unspecified atom stereocenters. The van der Waals surface area contributed by atoms with E-state index in [4.69, 9.17) is 10.8 Å². The molecule has 14 heavy (non-hydrogen) atoms. The van der Waals surface area contributed by atoms with Crippen molar-refractivity contribution >= 4 is 45.7 Å². The first-order chi connectivity index (χ1) is 6.61. The van der Waals surface area contributed by atoms with Gasteiger partial charge in [-0.05, 0) is 12.1 Å². The molecule has 0 aliphatic carbocycles. The Morgan fingerprint density at radius 2 is 2.21 bits per heavy atom. The quantitative estimate of drug-likeness (QED) is 0.516. The van der Waals surface area contributed by atoms with Crippen LogP contribution < -0.4 is 5.73 Å². The maximum absolute atomic E-state index is 10.9. The van der Waals surface area contributed by atoms with Gasteiger partial charge in [-0.1, -0.05) is 0 Å². The average Bonchev–Trinajstić information content (AvgIpc) is 2.55. The van der Waals surface area contributed by atoms with E-state index in [1.54, 1.807) is 11.4 Å². The summed E-state index contributed by atoms with van der Waals surface area (Å²) in [5, 5.41) is 11.1. The topological polar surface area (TPSA) is 63.3 Å². The van der Waals surface area contributed by atoms with Crippen LogP contribution in [0.15, 0.2) is 22.4 Å². The molecule has 0 aliphatic rings. The fourth-order valence-corrected chi connectivity index (χ4v) is 2.44. The summed E-state index contributed by atoms with van der Waals surface area (Å²) < 4.78 is 0.873. The predicted molar refractivity (Wildman–Crippen MR) is 60.4 cm³/mol. The van der Waals surface area contributed by atoms with Crippen molar-refractivity contribution in [2.45, 2.75) is 4.90 Å². The Bertz CT molecular complexity index is 519. The minimum absolute atomic E-state index is 0.249. The number of rotatable bonds is 1. The Balaban J connectivity index is 2.89. The Kier molecular flexibility index (Phi) is 2.13. The first-order valence-corrected chi connectivity index (χ1v) is 5.16. The van der Waals surface area contributed by atoms with Gasteiger partial charge in [0.2, 0.25) is 0 Å². The first kappa shape index (κ1) is 9.36. The van der Waals surface area contributed by atoms with Gasteiger partial charge in [0.15, 0.2) is 0 Å². The molecule has 5 heteroatoms. The van der Waals surface area contributed by atoms with Gasteiger partial charge in [0, 0.05) is 20.4 Å². The summed E-state index contributed by atoms with van der Waals surface area (Å²) in [6.45, 7) is 0. The molecule has 3 N–H and O–H groups in total. The molecule has 0 radical (unpaired) electrons. The summed E-state index contributed by atoms with van der Waals surface area (Å²) in [6.07, 6.45) is 0. The second-order valence-corrected chi connectivity index (χ2v) is 4.22. The number of carboxylic acid groups (broad SMARTS) is 1. The molecule has 0 amide bonds. The molecule has 0 aliphatic heterocycles. The lowest BCUT2D eigenvalue weighted by molar-refractivity contribution is 0.0699. The number of hydrogen-bond donors (Lipinski definition) is 3. The van der Waals surface area contributed by atoms with Crippen LogP contribution in [0.3, 0.4) is 0 Å². The molecule has 2 aromatic rings. The molecule has 0 bridgehead atoms. The van der Waals surface area contributed by atoms with E-state index in [0.717, 1.165) is 4.70 Å². The van der Waals surface area contributed by atoms with Crippen molar-refractivity contribution in [1.82, 2.24) is 0 Å². The van der Waals surface area contributed by atoms with Crippen LogP contribution in [-0.2, 0) is 0 Å². The lowest BCUT2D eigenvalue weighted by Crippen LogP contribution is -1.97. The van der Waals surface area contributed by atoms with E-state index in [1.165, 1.54) is 11.3 Å². The van der Waals surface area contributed by atoms with Crippen LogP contribution in [0.1, 0.15) is 10.4 Å². The van der Waals surface area contributed by atoms with E-state index >= 15 is 0 Å². The summed E-state index contributed by atoms with van der Waals surface area (Å²) in [5.74, 6) is -0.957. The van der Waals surface area contributed by atoms with Gasteiger partial charge < -0.3 is 10.8 Å². The SMILES string of the molecule is Nc1c(S)ccc2scc(C(=O)O)c12. The molecular weight excluding hydrogens is 218 g/mol. The lowest BCUT2D eigenvalue weighted by atomic mass is 10.1. The Morgan fingerprint density at radius 3 is 2.86 bits per heavy atom. The largest absolute Gasteiger partial charge is 0.478 e. The van der Waals surface area contributed by atoms with Crippen LogP contribution in [0.5, 0.6) is 0 Å². The number of thiophene rings is 1. The minimum Gasteiger partial charge on any atom is -0.478 e. The summed E-state index contributed by atoms with van der Waals surface area (Å²) in [4.78, 5) is 11.5. The monoisotopic (exact) mass is 225 g/mol. The van der Waals surface area contributed by atoms with Crippen LogP contribution in [0.4, 0.5) is 5.69 Å². The number of aromatic carboxylic acids is 1. The van der Waals surface area contributed by atoms with E-state index in [0.29, 0.717) is 16.0 Å². The highest BCUT2D eigenvalue weighted by atomic mass is 32.1. The number of nitrogens with two attached hydrogens (primary N) is 1. The summed E-state index contributed by atoms with van der Waals surface area (Å²) in [6, 6.07) is 3.59. The van der Waals surface area contributed by atoms with Crippen molar-refractivity contribution in [2.24, 2.45) is 0 Å². The molecule has 1 aromatic heterocycles. The van der Waals surface area contributed by atoms with E-state index in [9.17, 15) is 4.79 Å². The van der Waals surface area contributed by atoms with Gasteiger partial charge in [-0.25, -0.2) is 4.79 Å². The smallest absolute Gasteiger partial charge is 0.337 e. The van der Waals surface area contributed by atoms with Crippen molar-refractivity contribution in [3.05, 3.63) is 23.1 Å². The molecule has 0 fully saturated rings. The summed E-state index contributed by atoms with van der Waals surface area (Å²) in [5.41, 5.74) is 6.45. The fraction of sp³-hybridized carbons (Fsp3) is 0. The van der Waals surface area contributed by atoms with Crippen molar-refractivity contribution < 1.29 is 9.90 Å². The molecule has 1 aromatic carbocycles. The molecule has 2 rings (SSSR count). The summed E-state index contributed by atoms with van der Waals surface area (Å²) in [7, 11) is 0. The number of hydrogen-bond acceptors (Lipinski definition) is 4. The minimum atomic E-state index is -0.957. The highest BCUT2D eigenvalue weighted by Gasteiger charge is 2.14. The van der Waals surface area contributed by atoms with Crippen LogP contribution in [0, 0.1) is 0 Å². The number of anilines is 1. The number of carbonyl (C=O) groups is 1. The highest BCUT2D eigenvalue weighted by molar-refractivity contribution is 7.80. The average molecular weight is 225 g/mol. The van der Waals surface area contributed by atoms with E-state index < -0.39 is 5.97 Å². The zero-order chi connectivity index (χ0) is 10.3. The van der Waals surface area contributed by atoms with Gasteiger partial charge in [0.25, 0.3) is 0 Å². The van der Waals surface area contributed by atoms with Crippen LogP contribution in [0.25, 0.3) is 10.1 Å². The molecular formula is C9H7NO2S2. The maximum atomic E-state index is 10.9. The molecule has 0 atom stereocenters. The van der Waals surface area contributed by atoms with Crippen LogP contribution in [-0.4, -0.2) is 11.1 Å². The standard InChI is InChI=1S/C9H7NO2S2/c10-8-5(13)1-2-6-7(8)4(3-14-6)9(11)12/h1-3,13H,10H2,(H,11,12). The molecule has 0 spiro atoms. The zero-order valence-corrected chi connectivity index (χ0v) is 8.73. The molecule has 0 saturated carbocycles. The number of benzene rings is 1. The third-order valence-corrected chi connectivity index (χ3v) is 3.33. The first-order valence-electron chi connectivity index (χ1n) is 3.83. The van der Waals surface area contributed by atoms with Crippen LogP contribution >= 0.6 is 24.0 Å². The second kappa shape index (κ2) is 3.18. The van der Waals surface area contributed by atoms with E-state index in [2.05, 4.69) is 12.6 Å². The zero-order valence-electron chi connectivity index (χ0n) is 7.02. The Morgan fingerprint density at radius 1 is 1.50 bits per heavy atom. The van der Waals surface area contributed by atoms with E-state index in [-0.39, 0.29) is 5.56 Å². The number of fused-ring (bicyclic) bond motifs is 1. The van der Waals surface area contributed by atoms with Crippen molar-refractivity contribution in [3.63, 3.8) is 0 Å². The van der Waals surface area contributed by atoms with Gasteiger partial charge in [-0.15, -0.1) is 24.0 Å². The van der Waals surface area contributed by atoms with Gasteiger partial charge in [-0.2, -0.15) is 0 Å². The number of thiol groups is 1. The Labute approximate surface area is 89.6 Å². The van der Waals surface area contributed by atoms with Gasteiger partial charge in [0.1, 0.15) is 0 Å². The highest BCUT2D eigenvalue weighted by Crippen LogP contribution is 2.34. The maximum Gasteiger partial charge on any atom is 0.337 e. The second-order valence-electron chi connectivity index (χ2n) is 2.83. The van der Waals surface area contributed by atoms with Crippen LogP contribution in [0.2, 0.25) is 0 Å². The van der Waals surface area contributed by atoms with E-state index in [1.807, 2.05) is 6.07 Å². The fourth-order valence-electron chi connectivity index (χ4n) is 1.30.